The second-order valence-electron chi connectivity index (χ2n) is 4.27. The van der Waals surface area contributed by atoms with Gasteiger partial charge in [0.05, 0.1) is 39.6 Å². The van der Waals surface area contributed by atoms with Crippen molar-refractivity contribution in [1.82, 2.24) is 0 Å². The van der Waals surface area contributed by atoms with Crippen LogP contribution < -0.4 is 4.74 Å². The number of esters is 1. The quantitative estimate of drug-likeness (QED) is 0.775. The molecule has 5 nitrogen and oxygen atoms in total. The predicted molar refractivity (Wildman–Crippen MR) is 71.1 cm³/mol. The molecule has 0 radical (unpaired) electrons. The Kier molecular flexibility index (Phi) is 5.18. The van der Waals surface area contributed by atoms with Gasteiger partial charge in [0.15, 0.2) is 4.88 Å². The minimum atomic E-state index is -0.356. The number of thiophene rings is 1. The zero-order chi connectivity index (χ0) is 13.7. The molecule has 19 heavy (non-hydrogen) atoms. The van der Waals surface area contributed by atoms with Crippen molar-refractivity contribution in [2.45, 2.75) is 19.4 Å². The van der Waals surface area contributed by atoms with Crippen molar-refractivity contribution >= 4 is 17.3 Å². The smallest absolute Gasteiger partial charge is 0.351 e. The minimum Gasteiger partial charge on any atom is -0.491 e. The third-order valence-electron chi connectivity index (χ3n) is 2.86. The van der Waals surface area contributed by atoms with Gasteiger partial charge in [-0.05, 0) is 12.3 Å². The summed E-state index contributed by atoms with van der Waals surface area (Å²) in [6.45, 7) is 4.31. The maximum Gasteiger partial charge on any atom is 0.351 e. The number of hydrogen-bond donors (Lipinski definition) is 0. The van der Waals surface area contributed by atoms with Crippen molar-refractivity contribution < 1.29 is 23.7 Å². The second kappa shape index (κ2) is 6.88. The molecular weight excluding hydrogens is 268 g/mol. The maximum atomic E-state index is 11.6. The molecule has 1 fully saturated rings. The van der Waals surface area contributed by atoms with Crippen LogP contribution in [0.25, 0.3) is 0 Å². The molecule has 2 rings (SSSR count). The van der Waals surface area contributed by atoms with E-state index in [1.165, 1.54) is 18.4 Å². The van der Waals surface area contributed by atoms with Gasteiger partial charge in [0.2, 0.25) is 0 Å². The van der Waals surface area contributed by atoms with Gasteiger partial charge in [0.1, 0.15) is 5.75 Å². The van der Waals surface area contributed by atoms with E-state index in [0.29, 0.717) is 37.1 Å². The number of methoxy groups -OCH3 is 1. The molecule has 1 aliphatic heterocycles. The van der Waals surface area contributed by atoms with Crippen LogP contribution in [0.4, 0.5) is 0 Å². The van der Waals surface area contributed by atoms with Crippen LogP contribution in [0.15, 0.2) is 5.38 Å². The van der Waals surface area contributed by atoms with E-state index in [9.17, 15) is 4.79 Å². The predicted octanol–water partition coefficient (Wildman–Crippen LogP) is 2.03. The van der Waals surface area contributed by atoms with E-state index in [0.717, 1.165) is 12.0 Å². The highest BCUT2D eigenvalue weighted by Gasteiger charge is 2.19. The lowest BCUT2D eigenvalue weighted by molar-refractivity contribution is -0.0935. The van der Waals surface area contributed by atoms with Gasteiger partial charge in [-0.2, -0.15) is 0 Å². The molecule has 0 N–H and O–H groups in total. The zero-order valence-corrected chi connectivity index (χ0v) is 12.0. The molecule has 0 saturated carbocycles. The number of ether oxygens (including phenoxy) is 4. The molecule has 1 atom stereocenters. The molecule has 106 valence electrons. The number of carbonyl (C=O) groups excluding carboxylic acids is 1. The van der Waals surface area contributed by atoms with Crippen molar-refractivity contribution in [3.63, 3.8) is 0 Å². The molecule has 1 aromatic heterocycles. The summed E-state index contributed by atoms with van der Waals surface area (Å²) in [6, 6.07) is 0. The molecule has 1 unspecified atom stereocenters. The first-order chi connectivity index (χ1) is 9.22. The average molecular weight is 286 g/mol. The van der Waals surface area contributed by atoms with E-state index in [1.807, 2.05) is 12.3 Å². The summed E-state index contributed by atoms with van der Waals surface area (Å²) in [4.78, 5) is 12.1. The first kappa shape index (κ1) is 14.3. The first-order valence-electron chi connectivity index (χ1n) is 6.21. The highest BCUT2D eigenvalue weighted by atomic mass is 32.1. The van der Waals surface area contributed by atoms with Crippen LogP contribution in [0.3, 0.4) is 0 Å². The topological polar surface area (TPSA) is 54.0 Å². The van der Waals surface area contributed by atoms with Crippen molar-refractivity contribution in [1.29, 1.82) is 0 Å². The summed E-state index contributed by atoms with van der Waals surface area (Å²) >= 11 is 1.34. The fourth-order valence-electron chi connectivity index (χ4n) is 1.84. The summed E-state index contributed by atoms with van der Waals surface area (Å²) in [7, 11) is 1.37. The monoisotopic (exact) mass is 286 g/mol. The Labute approximate surface area is 116 Å². The zero-order valence-electron chi connectivity index (χ0n) is 11.1. The van der Waals surface area contributed by atoms with Crippen molar-refractivity contribution in [2.24, 2.45) is 0 Å². The largest absolute Gasteiger partial charge is 0.491 e. The average Bonchev–Trinajstić information content (AvgIpc) is 2.81. The highest BCUT2D eigenvalue weighted by molar-refractivity contribution is 7.12. The fourth-order valence-corrected chi connectivity index (χ4v) is 2.75. The molecule has 0 amide bonds. The standard InChI is InChI=1S/C13H18O5S/c1-9-8-19-12(13(14)15-2)11(9)18-4-3-10-7-16-5-6-17-10/h8,10H,3-7H2,1-2H3. The lowest BCUT2D eigenvalue weighted by Gasteiger charge is -2.22. The number of rotatable bonds is 5. The van der Waals surface area contributed by atoms with Crippen LogP contribution in [-0.2, 0) is 14.2 Å². The Hall–Kier alpha value is -1.11. The third kappa shape index (κ3) is 3.68. The lowest BCUT2D eigenvalue weighted by Crippen LogP contribution is -2.30. The summed E-state index contributed by atoms with van der Waals surface area (Å²) in [6.07, 6.45) is 0.824. The molecule has 6 heteroatoms. The Balaban J connectivity index is 1.88. The van der Waals surface area contributed by atoms with Crippen LogP contribution in [-0.4, -0.2) is 45.6 Å². The summed E-state index contributed by atoms with van der Waals surface area (Å²) in [5.74, 6) is 0.263. The molecule has 0 aromatic carbocycles. The second-order valence-corrected chi connectivity index (χ2v) is 5.15. The summed E-state index contributed by atoms with van der Waals surface area (Å²) < 4.78 is 21.3. The Morgan fingerprint density at radius 1 is 1.53 bits per heavy atom. The molecule has 1 aromatic rings. The van der Waals surface area contributed by atoms with Gasteiger partial charge in [0.25, 0.3) is 0 Å². The van der Waals surface area contributed by atoms with Gasteiger partial charge in [-0.25, -0.2) is 4.79 Å². The molecule has 2 heterocycles. The van der Waals surface area contributed by atoms with Gasteiger partial charge in [-0.3, -0.25) is 0 Å². The van der Waals surface area contributed by atoms with E-state index in [1.54, 1.807) is 0 Å². The van der Waals surface area contributed by atoms with Gasteiger partial charge in [0, 0.05) is 12.0 Å². The van der Waals surface area contributed by atoms with Crippen LogP contribution in [0, 0.1) is 6.92 Å². The van der Waals surface area contributed by atoms with E-state index in [-0.39, 0.29) is 12.1 Å². The molecule has 0 aliphatic carbocycles. The van der Waals surface area contributed by atoms with Crippen LogP contribution in [0.5, 0.6) is 5.75 Å². The number of carbonyl (C=O) groups is 1. The van der Waals surface area contributed by atoms with E-state index in [4.69, 9.17) is 18.9 Å². The van der Waals surface area contributed by atoms with Gasteiger partial charge < -0.3 is 18.9 Å². The van der Waals surface area contributed by atoms with E-state index in [2.05, 4.69) is 0 Å². The lowest BCUT2D eigenvalue weighted by atomic mass is 10.2. The van der Waals surface area contributed by atoms with Crippen LogP contribution >= 0.6 is 11.3 Å². The Morgan fingerprint density at radius 3 is 3.05 bits per heavy atom. The first-order valence-corrected chi connectivity index (χ1v) is 7.09. The fraction of sp³-hybridized carbons (Fsp3) is 0.615. The molecule has 0 bridgehead atoms. The van der Waals surface area contributed by atoms with Crippen LogP contribution in [0.1, 0.15) is 21.7 Å². The van der Waals surface area contributed by atoms with E-state index < -0.39 is 0 Å². The van der Waals surface area contributed by atoms with E-state index >= 15 is 0 Å². The SMILES string of the molecule is COC(=O)c1scc(C)c1OCCC1COCCO1. The van der Waals surface area contributed by atoms with Gasteiger partial charge >= 0.3 is 5.97 Å². The molecule has 1 saturated heterocycles. The van der Waals surface area contributed by atoms with Crippen molar-refractivity contribution in [3.05, 3.63) is 15.8 Å². The summed E-state index contributed by atoms with van der Waals surface area (Å²) in [5, 5.41) is 1.89. The van der Waals surface area contributed by atoms with Crippen LogP contribution in [0.2, 0.25) is 0 Å². The molecule has 1 aliphatic rings. The maximum absolute atomic E-state index is 11.6. The van der Waals surface area contributed by atoms with Gasteiger partial charge in [-0.15, -0.1) is 11.3 Å². The van der Waals surface area contributed by atoms with Crippen molar-refractivity contribution in [3.8, 4) is 5.75 Å². The number of hydrogen-bond acceptors (Lipinski definition) is 6. The van der Waals surface area contributed by atoms with Crippen molar-refractivity contribution in [2.75, 3.05) is 33.5 Å². The van der Waals surface area contributed by atoms with Gasteiger partial charge in [-0.1, -0.05) is 0 Å². The Morgan fingerprint density at radius 2 is 2.37 bits per heavy atom. The summed E-state index contributed by atoms with van der Waals surface area (Å²) in [5.41, 5.74) is 0.950. The molecular formula is C13H18O5S. The minimum absolute atomic E-state index is 0.0780. The normalized spacial score (nSPS) is 19.2. The Bertz CT molecular complexity index is 423. The molecule has 0 spiro atoms. The third-order valence-corrected chi connectivity index (χ3v) is 3.92. The highest BCUT2D eigenvalue weighted by Crippen LogP contribution is 2.30. The number of aryl methyl sites for hydroxylation is 1.